The van der Waals surface area contributed by atoms with Crippen LogP contribution in [0.1, 0.15) is 22.9 Å². The molecular formula is C16H19N3OS. The van der Waals surface area contributed by atoms with Crippen molar-refractivity contribution in [3.8, 4) is 0 Å². The van der Waals surface area contributed by atoms with Gasteiger partial charge in [-0.15, -0.1) is 11.3 Å². The van der Waals surface area contributed by atoms with Gasteiger partial charge in [0.25, 0.3) is 0 Å². The van der Waals surface area contributed by atoms with E-state index in [2.05, 4.69) is 46.8 Å². The first kappa shape index (κ1) is 14.1. The molecule has 1 aliphatic rings. The number of fused-ring (bicyclic) bond motifs is 1. The van der Waals surface area contributed by atoms with Crippen molar-refractivity contribution < 1.29 is 4.79 Å². The minimum atomic E-state index is -0.179. The quantitative estimate of drug-likeness (QED) is 0.913. The number of anilines is 1. The van der Waals surface area contributed by atoms with Crippen LogP contribution < -0.4 is 10.6 Å². The summed E-state index contributed by atoms with van der Waals surface area (Å²) in [6.45, 7) is 4.86. The number of benzene rings is 1. The molecular weight excluding hydrogens is 282 g/mol. The van der Waals surface area contributed by atoms with Crippen LogP contribution in [0.25, 0.3) is 0 Å². The van der Waals surface area contributed by atoms with Crippen LogP contribution in [0.4, 0.5) is 9.93 Å². The fraction of sp³-hybridized carbons (Fsp3) is 0.375. The lowest BCUT2D eigenvalue weighted by molar-refractivity contribution is 0.243. The van der Waals surface area contributed by atoms with Crippen LogP contribution in [0.2, 0.25) is 0 Å². The van der Waals surface area contributed by atoms with E-state index >= 15 is 0 Å². The molecule has 2 amide bonds. The predicted molar refractivity (Wildman–Crippen MR) is 85.8 cm³/mol. The van der Waals surface area contributed by atoms with E-state index in [1.807, 2.05) is 6.92 Å². The first-order valence-corrected chi connectivity index (χ1v) is 7.90. The lowest BCUT2D eigenvalue weighted by Crippen LogP contribution is -2.38. The molecule has 3 rings (SSSR count). The zero-order chi connectivity index (χ0) is 14.9. The Balaban J connectivity index is 1.55. The molecule has 0 unspecified atom stereocenters. The number of urea groups is 1. The monoisotopic (exact) mass is 301 g/mol. The van der Waals surface area contributed by atoms with Crippen molar-refractivity contribution >= 4 is 22.5 Å². The zero-order valence-corrected chi connectivity index (χ0v) is 13.1. The summed E-state index contributed by atoms with van der Waals surface area (Å²) in [6, 6.07) is 8.34. The average molecular weight is 301 g/mol. The van der Waals surface area contributed by atoms with Crippen molar-refractivity contribution in [2.24, 2.45) is 5.41 Å². The number of rotatable bonds is 3. The molecule has 1 aliphatic carbocycles. The summed E-state index contributed by atoms with van der Waals surface area (Å²) in [5.74, 6) is 0. The number of aryl methyl sites for hydroxylation is 1. The Kier molecular flexibility index (Phi) is 3.68. The van der Waals surface area contributed by atoms with E-state index < -0.39 is 0 Å². The van der Waals surface area contributed by atoms with Gasteiger partial charge in [0.1, 0.15) is 0 Å². The average Bonchev–Trinajstić information content (AvgIpc) is 2.99. The number of hydrogen-bond acceptors (Lipinski definition) is 3. The minimum Gasteiger partial charge on any atom is -0.337 e. The maximum atomic E-state index is 11.9. The Morgan fingerprint density at radius 3 is 2.57 bits per heavy atom. The van der Waals surface area contributed by atoms with Crippen molar-refractivity contribution in [3.63, 3.8) is 0 Å². The van der Waals surface area contributed by atoms with Gasteiger partial charge in [-0.2, -0.15) is 0 Å². The first-order valence-electron chi connectivity index (χ1n) is 7.08. The summed E-state index contributed by atoms with van der Waals surface area (Å²) in [5.41, 5.74) is 2.90. The summed E-state index contributed by atoms with van der Waals surface area (Å²) in [4.78, 5) is 17.2. The number of aromatic nitrogens is 1. The van der Waals surface area contributed by atoms with E-state index in [0.29, 0.717) is 11.7 Å². The number of carbonyl (C=O) groups excluding carboxylic acids is 1. The second-order valence-electron chi connectivity index (χ2n) is 6.02. The third-order valence-corrected chi connectivity index (χ3v) is 4.70. The summed E-state index contributed by atoms with van der Waals surface area (Å²) in [5, 5.41) is 6.40. The highest BCUT2D eigenvalue weighted by atomic mass is 32.1. The highest BCUT2D eigenvalue weighted by Gasteiger charge is 2.32. The zero-order valence-electron chi connectivity index (χ0n) is 12.3. The lowest BCUT2D eigenvalue weighted by Gasteiger charge is -2.23. The molecule has 1 aromatic carbocycles. The third-order valence-electron chi connectivity index (χ3n) is 3.87. The Hall–Kier alpha value is -1.88. The summed E-state index contributed by atoms with van der Waals surface area (Å²) < 4.78 is 0. The van der Waals surface area contributed by atoms with Crippen LogP contribution >= 0.6 is 11.3 Å². The van der Waals surface area contributed by atoms with Gasteiger partial charge in [0.15, 0.2) is 5.13 Å². The van der Waals surface area contributed by atoms with Crippen molar-refractivity contribution in [2.75, 3.05) is 11.9 Å². The Morgan fingerprint density at radius 1 is 1.33 bits per heavy atom. The predicted octanol–water partition coefficient (Wildman–Crippen LogP) is 3.38. The van der Waals surface area contributed by atoms with Gasteiger partial charge in [-0.3, -0.25) is 5.32 Å². The number of amides is 2. The van der Waals surface area contributed by atoms with Crippen LogP contribution in [0.3, 0.4) is 0 Å². The molecule has 21 heavy (non-hydrogen) atoms. The van der Waals surface area contributed by atoms with Crippen LogP contribution in [0.15, 0.2) is 30.5 Å². The topological polar surface area (TPSA) is 54.0 Å². The maximum Gasteiger partial charge on any atom is 0.321 e. The molecule has 0 fully saturated rings. The molecule has 2 N–H and O–H groups in total. The van der Waals surface area contributed by atoms with Gasteiger partial charge in [0, 0.05) is 17.6 Å². The molecule has 2 aromatic rings. The molecule has 0 spiro atoms. The normalized spacial score (nSPS) is 15.5. The van der Waals surface area contributed by atoms with Gasteiger partial charge in [0.05, 0.1) is 0 Å². The van der Waals surface area contributed by atoms with Crippen molar-refractivity contribution in [2.45, 2.75) is 26.7 Å². The van der Waals surface area contributed by atoms with Gasteiger partial charge in [-0.05, 0) is 36.3 Å². The van der Waals surface area contributed by atoms with Crippen LogP contribution in [0.5, 0.6) is 0 Å². The highest BCUT2D eigenvalue weighted by molar-refractivity contribution is 7.15. The molecule has 0 aliphatic heterocycles. The Bertz CT molecular complexity index is 640. The van der Waals surface area contributed by atoms with E-state index in [4.69, 9.17) is 0 Å². The van der Waals surface area contributed by atoms with Gasteiger partial charge >= 0.3 is 6.03 Å². The number of hydrogen-bond donors (Lipinski definition) is 2. The SMILES string of the molecule is Cc1cnc(NC(=O)NCC2(C)Cc3ccccc3C2)s1. The molecule has 110 valence electrons. The first-order chi connectivity index (χ1) is 10.0. The van der Waals surface area contributed by atoms with Crippen molar-refractivity contribution in [1.82, 2.24) is 10.3 Å². The molecule has 4 nitrogen and oxygen atoms in total. The molecule has 0 bridgehead atoms. The summed E-state index contributed by atoms with van der Waals surface area (Å²) >= 11 is 1.48. The van der Waals surface area contributed by atoms with E-state index in [1.165, 1.54) is 22.5 Å². The van der Waals surface area contributed by atoms with E-state index in [-0.39, 0.29) is 11.4 Å². The second kappa shape index (κ2) is 5.48. The highest BCUT2D eigenvalue weighted by Crippen LogP contribution is 2.35. The van der Waals surface area contributed by atoms with E-state index in [1.54, 1.807) is 6.20 Å². The molecule has 0 saturated carbocycles. The molecule has 1 aromatic heterocycles. The van der Waals surface area contributed by atoms with Gasteiger partial charge in [-0.25, -0.2) is 9.78 Å². The molecule has 0 saturated heterocycles. The van der Waals surface area contributed by atoms with Gasteiger partial charge < -0.3 is 5.32 Å². The fourth-order valence-electron chi connectivity index (χ4n) is 2.86. The van der Waals surface area contributed by atoms with E-state index in [9.17, 15) is 4.79 Å². The van der Waals surface area contributed by atoms with Crippen molar-refractivity contribution in [1.29, 1.82) is 0 Å². The molecule has 0 radical (unpaired) electrons. The number of nitrogens with one attached hydrogen (secondary N) is 2. The van der Waals surface area contributed by atoms with Gasteiger partial charge in [0.2, 0.25) is 0 Å². The van der Waals surface area contributed by atoms with Crippen LogP contribution in [-0.4, -0.2) is 17.6 Å². The number of carbonyl (C=O) groups is 1. The third kappa shape index (κ3) is 3.24. The van der Waals surface area contributed by atoms with Crippen LogP contribution in [-0.2, 0) is 12.8 Å². The summed E-state index contributed by atoms with van der Waals surface area (Å²) in [7, 11) is 0. The molecule has 5 heteroatoms. The minimum absolute atomic E-state index is 0.0970. The lowest BCUT2D eigenvalue weighted by atomic mass is 9.87. The second-order valence-corrected chi connectivity index (χ2v) is 7.25. The Labute approximate surface area is 128 Å². The number of nitrogens with zero attached hydrogens (tertiary/aromatic N) is 1. The van der Waals surface area contributed by atoms with Gasteiger partial charge in [-0.1, -0.05) is 31.2 Å². The summed E-state index contributed by atoms with van der Waals surface area (Å²) in [6.07, 6.45) is 3.79. The van der Waals surface area contributed by atoms with Crippen molar-refractivity contribution in [3.05, 3.63) is 46.5 Å². The largest absolute Gasteiger partial charge is 0.337 e. The van der Waals surface area contributed by atoms with Crippen LogP contribution in [0, 0.1) is 12.3 Å². The standard InChI is InChI=1S/C16H19N3OS/c1-11-9-17-15(21-11)19-14(20)18-10-16(2)7-12-5-3-4-6-13(12)8-16/h3-6,9H,7-8,10H2,1-2H3,(H2,17,18,19,20). The molecule has 0 atom stereocenters. The van der Waals surface area contributed by atoms with E-state index in [0.717, 1.165) is 17.7 Å². The Morgan fingerprint density at radius 2 is 2.00 bits per heavy atom. The maximum absolute atomic E-state index is 11.9. The number of thiazole rings is 1. The smallest absolute Gasteiger partial charge is 0.321 e. The molecule has 1 heterocycles. The fourth-order valence-corrected chi connectivity index (χ4v) is 3.52.